The molecule has 0 saturated carbocycles. The molecule has 0 aliphatic heterocycles. The first-order valence-electron chi connectivity index (χ1n) is 9.99. The van der Waals surface area contributed by atoms with E-state index in [9.17, 15) is 4.79 Å². The van der Waals surface area contributed by atoms with Crippen LogP contribution in [0, 0.1) is 13.8 Å². The van der Waals surface area contributed by atoms with Gasteiger partial charge in [-0.1, -0.05) is 78.9 Å². The van der Waals surface area contributed by atoms with Crippen LogP contribution in [0.1, 0.15) is 27.8 Å². The first-order valence-corrected chi connectivity index (χ1v) is 9.99. The van der Waals surface area contributed by atoms with Gasteiger partial charge in [0, 0.05) is 6.54 Å². The Bertz CT molecular complexity index is 1040. The molecule has 0 aromatic heterocycles. The molecule has 0 spiro atoms. The normalized spacial score (nSPS) is 12.2. The highest BCUT2D eigenvalue weighted by Gasteiger charge is 2.14. The Labute approximate surface area is 177 Å². The molecule has 4 heteroatoms. The number of nitrogens with one attached hydrogen (secondary N) is 1. The summed E-state index contributed by atoms with van der Waals surface area (Å²) in [6.45, 7) is 4.14. The number of benzene rings is 3. The fraction of sp³-hybridized carbons (Fsp3) is 0.192. The Kier molecular flexibility index (Phi) is 7.17. The molecule has 3 aromatic carbocycles. The second-order valence-electron chi connectivity index (χ2n) is 7.36. The van der Waals surface area contributed by atoms with E-state index in [2.05, 4.69) is 66.9 Å². The summed E-state index contributed by atoms with van der Waals surface area (Å²) < 4.78 is 0. The van der Waals surface area contributed by atoms with Crippen LogP contribution in [0.2, 0.25) is 0 Å². The number of aliphatic hydroxyl groups excluding tert-OH is 1. The topological polar surface area (TPSA) is 69.6 Å². The fourth-order valence-corrected chi connectivity index (χ4v) is 3.45. The number of aliphatic hydroxyl groups is 1. The predicted octanol–water partition coefficient (Wildman–Crippen LogP) is 4.68. The molecule has 154 valence electrons. The summed E-state index contributed by atoms with van der Waals surface area (Å²) in [5.74, 6) is -1.05. The third-order valence-electron chi connectivity index (χ3n) is 5.27. The molecule has 3 aromatic rings. The van der Waals surface area contributed by atoms with Crippen molar-refractivity contribution in [1.82, 2.24) is 5.32 Å². The van der Waals surface area contributed by atoms with Crippen LogP contribution in [0.25, 0.3) is 23.3 Å². The average Bonchev–Trinajstić information content (AvgIpc) is 2.75. The summed E-state index contributed by atoms with van der Waals surface area (Å²) in [6.07, 6.45) is 4.24. The van der Waals surface area contributed by atoms with Gasteiger partial charge in [-0.25, -0.2) is 0 Å². The minimum atomic E-state index is -1.05. The number of carbonyl (C=O) groups is 1. The maximum absolute atomic E-state index is 11.0. The van der Waals surface area contributed by atoms with Crippen LogP contribution >= 0.6 is 0 Å². The average molecular weight is 402 g/mol. The molecule has 3 N–H and O–H groups in total. The summed E-state index contributed by atoms with van der Waals surface area (Å²) in [6, 6.07) is 21.8. The number of carboxylic acid groups (broad SMARTS) is 1. The van der Waals surface area contributed by atoms with Gasteiger partial charge in [-0.15, -0.1) is 0 Å². The molecule has 0 amide bonds. The number of carboxylic acids is 1. The van der Waals surface area contributed by atoms with Crippen LogP contribution in [-0.4, -0.2) is 28.8 Å². The zero-order valence-electron chi connectivity index (χ0n) is 17.3. The Balaban J connectivity index is 1.76. The molecule has 3 rings (SSSR count). The molecule has 0 heterocycles. The van der Waals surface area contributed by atoms with Crippen molar-refractivity contribution in [3.63, 3.8) is 0 Å². The van der Waals surface area contributed by atoms with Gasteiger partial charge in [0.2, 0.25) is 0 Å². The lowest BCUT2D eigenvalue weighted by atomic mass is 9.95. The van der Waals surface area contributed by atoms with Gasteiger partial charge < -0.3 is 10.2 Å². The van der Waals surface area contributed by atoms with Crippen molar-refractivity contribution in [2.24, 2.45) is 0 Å². The van der Waals surface area contributed by atoms with E-state index in [4.69, 9.17) is 10.2 Å². The van der Waals surface area contributed by atoms with Crippen LogP contribution in [-0.2, 0) is 11.3 Å². The van der Waals surface area contributed by atoms with E-state index in [1.54, 1.807) is 0 Å². The molecule has 1 atom stereocenters. The SMILES string of the molecule is Cc1cc(CN[C@H](CO)C(=O)O)ccc1/C=C/c1cccc(-c2ccccc2)c1C. The van der Waals surface area contributed by atoms with E-state index in [0.29, 0.717) is 6.54 Å². The fourth-order valence-electron chi connectivity index (χ4n) is 3.45. The minimum Gasteiger partial charge on any atom is -0.480 e. The highest BCUT2D eigenvalue weighted by molar-refractivity contribution is 5.78. The third kappa shape index (κ3) is 5.23. The quantitative estimate of drug-likeness (QED) is 0.480. The highest BCUT2D eigenvalue weighted by atomic mass is 16.4. The molecule has 0 aliphatic rings. The zero-order valence-corrected chi connectivity index (χ0v) is 17.3. The Morgan fingerprint density at radius 3 is 2.37 bits per heavy atom. The van der Waals surface area contributed by atoms with Crippen LogP contribution < -0.4 is 5.32 Å². The standard InChI is InChI=1S/C26H27NO3/c1-18-15-20(16-27-25(17-28)26(29)30)11-12-21(18)13-14-22-9-6-10-24(19(22)2)23-7-4-3-5-8-23/h3-15,25,27-28H,16-17H2,1-2H3,(H,29,30)/b14-13+/t25-/m1/s1. The Hall–Kier alpha value is -3.21. The largest absolute Gasteiger partial charge is 0.480 e. The third-order valence-corrected chi connectivity index (χ3v) is 5.27. The number of aryl methyl sites for hydroxylation is 1. The first-order chi connectivity index (χ1) is 14.5. The lowest BCUT2D eigenvalue weighted by molar-refractivity contribution is -0.140. The van der Waals surface area contributed by atoms with Crippen LogP contribution in [0.3, 0.4) is 0 Å². The summed E-state index contributed by atoms with van der Waals surface area (Å²) in [5, 5.41) is 21.0. The van der Waals surface area contributed by atoms with Crippen molar-refractivity contribution >= 4 is 18.1 Å². The molecule has 0 fully saturated rings. The monoisotopic (exact) mass is 401 g/mol. The maximum Gasteiger partial charge on any atom is 0.323 e. The minimum absolute atomic E-state index is 0.389. The summed E-state index contributed by atoms with van der Waals surface area (Å²) in [7, 11) is 0. The van der Waals surface area contributed by atoms with Crippen LogP contribution in [0.4, 0.5) is 0 Å². The van der Waals surface area contributed by atoms with E-state index in [-0.39, 0.29) is 0 Å². The van der Waals surface area contributed by atoms with E-state index < -0.39 is 18.6 Å². The molecule has 4 nitrogen and oxygen atoms in total. The Morgan fingerprint density at radius 1 is 0.967 bits per heavy atom. The van der Waals surface area contributed by atoms with Gasteiger partial charge in [0.15, 0.2) is 0 Å². The van der Waals surface area contributed by atoms with Crippen molar-refractivity contribution in [2.75, 3.05) is 6.61 Å². The van der Waals surface area contributed by atoms with E-state index in [1.165, 1.54) is 22.3 Å². The molecule has 0 unspecified atom stereocenters. The van der Waals surface area contributed by atoms with Gasteiger partial charge in [0.1, 0.15) is 6.04 Å². The van der Waals surface area contributed by atoms with Gasteiger partial charge in [-0.05, 0) is 52.8 Å². The molecule has 0 radical (unpaired) electrons. The number of hydrogen-bond acceptors (Lipinski definition) is 3. The van der Waals surface area contributed by atoms with Crippen molar-refractivity contribution < 1.29 is 15.0 Å². The number of hydrogen-bond donors (Lipinski definition) is 3. The number of aliphatic carboxylic acids is 1. The molecule has 0 saturated heterocycles. The summed E-state index contributed by atoms with van der Waals surface area (Å²) in [5.41, 5.74) is 8.05. The smallest absolute Gasteiger partial charge is 0.323 e. The molecular weight excluding hydrogens is 374 g/mol. The van der Waals surface area contributed by atoms with Crippen molar-refractivity contribution in [3.8, 4) is 11.1 Å². The molecule has 0 bridgehead atoms. The van der Waals surface area contributed by atoms with Crippen molar-refractivity contribution in [2.45, 2.75) is 26.4 Å². The summed E-state index contributed by atoms with van der Waals surface area (Å²) >= 11 is 0. The van der Waals surface area contributed by atoms with Crippen molar-refractivity contribution in [1.29, 1.82) is 0 Å². The van der Waals surface area contributed by atoms with Gasteiger partial charge in [0.25, 0.3) is 0 Å². The molecule has 30 heavy (non-hydrogen) atoms. The van der Waals surface area contributed by atoms with Crippen LogP contribution in [0.5, 0.6) is 0 Å². The first kappa shape index (κ1) is 21.5. The second-order valence-corrected chi connectivity index (χ2v) is 7.36. The van der Waals surface area contributed by atoms with Gasteiger partial charge in [0.05, 0.1) is 6.61 Å². The van der Waals surface area contributed by atoms with Gasteiger partial charge >= 0.3 is 5.97 Å². The molecular formula is C26H27NO3. The zero-order chi connectivity index (χ0) is 21.5. The summed E-state index contributed by atoms with van der Waals surface area (Å²) in [4.78, 5) is 11.0. The van der Waals surface area contributed by atoms with E-state index in [1.807, 2.05) is 31.2 Å². The highest BCUT2D eigenvalue weighted by Crippen LogP contribution is 2.27. The van der Waals surface area contributed by atoms with E-state index >= 15 is 0 Å². The molecule has 0 aliphatic carbocycles. The van der Waals surface area contributed by atoms with Crippen molar-refractivity contribution in [3.05, 3.63) is 94.5 Å². The van der Waals surface area contributed by atoms with Gasteiger partial charge in [-0.2, -0.15) is 0 Å². The lowest BCUT2D eigenvalue weighted by Crippen LogP contribution is -2.39. The second kappa shape index (κ2) is 10.0. The van der Waals surface area contributed by atoms with Gasteiger partial charge in [-0.3, -0.25) is 10.1 Å². The maximum atomic E-state index is 11.0. The number of rotatable bonds is 8. The van der Waals surface area contributed by atoms with Crippen LogP contribution in [0.15, 0.2) is 66.7 Å². The Morgan fingerprint density at radius 2 is 1.70 bits per heavy atom. The van der Waals surface area contributed by atoms with E-state index in [0.717, 1.165) is 16.7 Å². The predicted molar refractivity (Wildman–Crippen MR) is 122 cm³/mol. The lowest BCUT2D eigenvalue weighted by Gasteiger charge is -2.12.